The van der Waals surface area contributed by atoms with Crippen LogP contribution in [0.15, 0.2) is 21.2 Å². The van der Waals surface area contributed by atoms with Crippen LogP contribution in [0.5, 0.6) is 0 Å². The van der Waals surface area contributed by atoms with E-state index in [-0.39, 0.29) is 5.82 Å². The van der Waals surface area contributed by atoms with Gasteiger partial charge >= 0.3 is 5.69 Å². The number of H-pyrrole nitrogens is 1. The fourth-order valence-corrected chi connectivity index (χ4v) is 2.56. The van der Waals surface area contributed by atoms with Gasteiger partial charge in [-0.2, -0.15) is 0 Å². The molecule has 6 nitrogen and oxygen atoms in total. The first-order valence-electron chi connectivity index (χ1n) is 8.93. The molecule has 24 heavy (non-hydrogen) atoms. The molecule has 0 aliphatic rings. The summed E-state index contributed by atoms with van der Waals surface area (Å²) in [5, 5.41) is 0. The molecule has 0 spiro atoms. The minimum atomic E-state index is -0.426. The Morgan fingerprint density at radius 3 is 2.42 bits per heavy atom. The van der Waals surface area contributed by atoms with Gasteiger partial charge in [0.1, 0.15) is 11.5 Å². The standard InChI is InChI=1S/C18H32N4O2/c1-5-7-9-11-21(13-10-14(3)4)15-16(19)22(12-8-6-2)18(24)20-17(15)23/h10H,5-9,11-13,19H2,1-4H3,(H,20,23,24). The monoisotopic (exact) mass is 336 g/mol. The Kier molecular flexibility index (Phi) is 8.36. The van der Waals surface area contributed by atoms with E-state index in [0.717, 1.165) is 38.6 Å². The van der Waals surface area contributed by atoms with E-state index in [1.54, 1.807) is 0 Å². The summed E-state index contributed by atoms with van der Waals surface area (Å²) in [6.45, 7) is 10.1. The number of nitrogens with one attached hydrogen (secondary N) is 1. The average Bonchev–Trinajstić information content (AvgIpc) is 2.51. The molecule has 1 rings (SSSR count). The van der Waals surface area contributed by atoms with Crippen LogP contribution >= 0.6 is 0 Å². The quantitative estimate of drug-likeness (QED) is 0.508. The first-order valence-corrected chi connectivity index (χ1v) is 8.93. The molecular weight excluding hydrogens is 304 g/mol. The van der Waals surface area contributed by atoms with Gasteiger partial charge in [0.2, 0.25) is 0 Å². The molecule has 0 bridgehead atoms. The van der Waals surface area contributed by atoms with Gasteiger partial charge in [-0.05, 0) is 26.7 Å². The molecule has 0 amide bonds. The molecule has 0 aromatic carbocycles. The van der Waals surface area contributed by atoms with E-state index in [1.165, 1.54) is 10.1 Å². The fourth-order valence-electron chi connectivity index (χ4n) is 2.56. The molecule has 6 heteroatoms. The van der Waals surface area contributed by atoms with Crippen molar-refractivity contribution in [2.75, 3.05) is 23.7 Å². The molecule has 0 aliphatic heterocycles. The van der Waals surface area contributed by atoms with Gasteiger partial charge < -0.3 is 10.6 Å². The maximum atomic E-state index is 12.4. The van der Waals surface area contributed by atoms with Crippen molar-refractivity contribution in [2.45, 2.75) is 66.3 Å². The van der Waals surface area contributed by atoms with Gasteiger partial charge in [0.15, 0.2) is 0 Å². The summed E-state index contributed by atoms with van der Waals surface area (Å²) in [5.74, 6) is 0.274. The molecule has 1 aromatic heterocycles. The molecule has 1 aromatic rings. The second kappa shape index (κ2) is 10.0. The molecule has 0 fully saturated rings. The molecule has 0 saturated heterocycles. The van der Waals surface area contributed by atoms with E-state index in [4.69, 9.17) is 5.73 Å². The number of nitrogens with two attached hydrogens (primary N) is 1. The summed E-state index contributed by atoms with van der Waals surface area (Å²) in [4.78, 5) is 28.9. The van der Waals surface area contributed by atoms with Gasteiger partial charge in [-0.25, -0.2) is 4.79 Å². The van der Waals surface area contributed by atoms with Crippen LogP contribution in [0.3, 0.4) is 0 Å². The fraction of sp³-hybridized carbons (Fsp3) is 0.667. The third-order valence-corrected chi connectivity index (χ3v) is 4.02. The Bertz CT molecular complexity index is 654. The van der Waals surface area contributed by atoms with Crippen molar-refractivity contribution in [1.29, 1.82) is 0 Å². The largest absolute Gasteiger partial charge is 0.383 e. The van der Waals surface area contributed by atoms with Crippen molar-refractivity contribution >= 4 is 11.5 Å². The molecule has 0 unspecified atom stereocenters. The molecule has 0 radical (unpaired) electrons. The highest BCUT2D eigenvalue weighted by atomic mass is 16.2. The average molecular weight is 336 g/mol. The van der Waals surface area contributed by atoms with Crippen molar-refractivity contribution in [3.63, 3.8) is 0 Å². The molecule has 3 N–H and O–H groups in total. The van der Waals surface area contributed by atoms with Crippen molar-refractivity contribution in [3.8, 4) is 0 Å². The molecule has 136 valence electrons. The number of rotatable bonds is 10. The Morgan fingerprint density at radius 1 is 1.17 bits per heavy atom. The predicted molar refractivity (Wildman–Crippen MR) is 102 cm³/mol. The number of hydrogen-bond acceptors (Lipinski definition) is 4. The zero-order chi connectivity index (χ0) is 18.1. The topological polar surface area (TPSA) is 84.1 Å². The van der Waals surface area contributed by atoms with Crippen molar-refractivity contribution in [3.05, 3.63) is 32.5 Å². The highest BCUT2D eigenvalue weighted by Crippen LogP contribution is 2.18. The lowest BCUT2D eigenvalue weighted by molar-refractivity contribution is 0.601. The van der Waals surface area contributed by atoms with Crippen molar-refractivity contribution in [2.24, 2.45) is 0 Å². The molecule has 0 saturated carbocycles. The lowest BCUT2D eigenvalue weighted by Crippen LogP contribution is -2.39. The van der Waals surface area contributed by atoms with Crippen LogP contribution in [0.25, 0.3) is 0 Å². The summed E-state index contributed by atoms with van der Waals surface area (Å²) in [6, 6.07) is 0. The Hall–Kier alpha value is -1.98. The first-order chi connectivity index (χ1) is 11.4. The van der Waals surface area contributed by atoms with Crippen LogP contribution in [-0.2, 0) is 6.54 Å². The van der Waals surface area contributed by atoms with E-state index < -0.39 is 11.2 Å². The van der Waals surface area contributed by atoms with Crippen LogP contribution in [0, 0.1) is 0 Å². The molecule has 1 heterocycles. The SMILES string of the molecule is CCCCCN(CC=C(C)C)c1c(N)n(CCCC)c(=O)[nH]c1=O. The van der Waals surface area contributed by atoms with E-state index in [2.05, 4.69) is 24.9 Å². The molecule has 0 aliphatic carbocycles. The van der Waals surface area contributed by atoms with Crippen LogP contribution < -0.4 is 21.9 Å². The summed E-state index contributed by atoms with van der Waals surface area (Å²) in [6.07, 6.45) is 7.07. The van der Waals surface area contributed by atoms with Gasteiger partial charge in [-0.1, -0.05) is 44.8 Å². The van der Waals surface area contributed by atoms with Gasteiger partial charge in [-0.15, -0.1) is 0 Å². The lowest BCUT2D eigenvalue weighted by Gasteiger charge is -2.25. The predicted octanol–water partition coefficient (Wildman–Crippen LogP) is 2.88. The van der Waals surface area contributed by atoms with Crippen LogP contribution in [0.2, 0.25) is 0 Å². The van der Waals surface area contributed by atoms with E-state index in [9.17, 15) is 9.59 Å². The zero-order valence-electron chi connectivity index (χ0n) is 15.5. The van der Waals surface area contributed by atoms with Gasteiger partial charge in [0.05, 0.1) is 0 Å². The number of nitrogen functional groups attached to an aromatic ring is 1. The number of aromatic amines is 1. The summed E-state index contributed by atoms with van der Waals surface area (Å²) in [7, 11) is 0. The number of aromatic nitrogens is 2. The van der Waals surface area contributed by atoms with Crippen LogP contribution in [0.4, 0.5) is 11.5 Å². The zero-order valence-corrected chi connectivity index (χ0v) is 15.5. The third-order valence-electron chi connectivity index (χ3n) is 4.02. The van der Waals surface area contributed by atoms with Crippen molar-refractivity contribution in [1.82, 2.24) is 9.55 Å². The van der Waals surface area contributed by atoms with Gasteiger partial charge in [-0.3, -0.25) is 14.3 Å². The normalized spacial score (nSPS) is 10.7. The van der Waals surface area contributed by atoms with E-state index in [0.29, 0.717) is 18.8 Å². The number of hydrogen-bond donors (Lipinski definition) is 2. The number of unbranched alkanes of at least 4 members (excludes halogenated alkanes) is 3. The second-order valence-corrected chi connectivity index (χ2v) is 6.43. The smallest absolute Gasteiger partial charge is 0.330 e. The Labute approximate surface area is 144 Å². The van der Waals surface area contributed by atoms with Crippen LogP contribution in [-0.4, -0.2) is 22.6 Å². The Morgan fingerprint density at radius 2 is 1.83 bits per heavy atom. The number of nitrogens with zero attached hydrogens (tertiary/aromatic N) is 2. The number of allylic oxidation sites excluding steroid dienone is 1. The lowest BCUT2D eigenvalue weighted by atomic mass is 10.2. The highest BCUT2D eigenvalue weighted by molar-refractivity contribution is 5.62. The minimum absolute atomic E-state index is 0.274. The van der Waals surface area contributed by atoms with Gasteiger partial charge in [0, 0.05) is 19.6 Å². The van der Waals surface area contributed by atoms with E-state index >= 15 is 0 Å². The van der Waals surface area contributed by atoms with Gasteiger partial charge in [0.25, 0.3) is 5.56 Å². The Balaban J connectivity index is 3.26. The number of anilines is 2. The maximum absolute atomic E-state index is 12.4. The summed E-state index contributed by atoms with van der Waals surface area (Å²) >= 11 is 0. The maximum Gasteiger partial charge on any atom is 0.330 e. The molecular formula is C18H32N4O2. The highest BCUT2D eigenvalue weighted by Gasteiger charge is 2.17. The van der Waals surface area contributed by atoms with Crippen molar-refractivity contribution < 1.29 is 0 Å². The summed E-state index contributed by atoms with van der Waals surface area (Å²) < 4.78 is 1.48. The molecule has 0 atom stereocenters. The second-order valence-electron chi connectivity index (χ2n) is 6.43. The third kappa shape index (κ3) is 5.58. The van der Waals surface area contributed by atoms with Crippen LogP contribution in [0.1, 0.15) is 59.8 Å². The summed E-state index contributed by atoms with van der Waals surface area (Å²) in [5.41, 5.74) is 6.99. The first kappa shape index (κ1) is 20.1. The van der Waals surface area contributed by atoms with E-state index in [1.807, 2.05) is 18.7 Å². The minimum Gasteiger partial charge on any atom is -0.383 e.